The van der Waals surface area contributed by atoms with E-state index in [4.69, 9.17) is 9.15 Å². The van der Waals surface area contributed by atoms with Gasteiger partial charge < -0.3 is 24.4 Å². The summed E-state index contributed by atoms with van der Waals surface area (Å²) in [6.45, 7) is 0.679. The molecule has 0 bridgehead atoms. The molecule has 0 radical (unpaired) electrons. The largest absolute Gasteiger partial charge is 0.483 e. The smallest absolute Gasteiger partial charge is 0.255 e. The van der Waals surface area contributed by atoms with Crippen molar-refractivity contribution in [2.45, 2.75) is 13.2 Å². The van der Waals surface area contributed by atoms with Crippen molar-refractivity contribution in [1.82, 2.24) is 14.9 Å². The van der Waals surface area contributed by atoms with Gasteiger partial charge in [0.15, 0.2) is 9.84 Å². The Bertz CT molecular complexity index is 1760. The van der Waals surface area contributed by atoms with Gasteiger partial charge in [-0.1, -0.05) is 30.3 Å². The zero-order valence-electron chi connectivity index (χ0n) is 21.8. The first-order valence-corrected chi connectivity index (χ1v) is 14.4. The molecule has 0 saturated carbocycles. The molecular formula is C29H27FN4O5S. The number of halogens is 1. The Labute approximate surface area is 230 Å². The summed E-state index contributed by atoms with van der Waals surface area (Å²) >= 11 is 0. The van der Waals surface area contributed by atoms with Crippen molar-refractivity contribution in [2.24, 2.45) is 0 Å². The predicted molar refractivity (Wildman–Crippen MR) is 150 cm³/mol. The molecule has 5 rings (SSSR count). The number of ether oxygens (including phenoxy) is 1. The second-order valence-electron chi connectivity index (χ2n) is 9.23. The zero-order chi connectivity index (χ0) is 28.3. The number of benzene rings is 3. The number of nitrogens with one attached hydrogen (secondary N) is 2. The molecule has 2 aromatic heterocycles. The molecule has 206 valence electrons. The number of fused-ring (bicyclic) bond motifs is 1. The Balaban J connectivity index is 1.55. The van der Waals surface area contributed by atoms with Crippen LogP contribution in [0.15, 0.2) is 83.5 Å². The van der Waals surface area contributed by atoms with E-state index in [0.29, 0.717) is 40.3 Å². The summed E-state index contributed by atoms with van der Waals surface area (Å²) in [5, 5.41) is 5.97. The van der Waals surface area contributed by atoms with Gasteiger partial charge >= 0.3 is 0 Å². The maximum Gasteiger partial charge on any atom is 0.255 e. The number of sulfone groups is 1. The normalized spacial score (nSPS) is 11.5. The van der Waals surface area contributed by atoms with Gasteiger partial charge in [0.05, 0.1) is 11.3 Å². The summed E-state index contributed by atoms with van der Waals surface area (Å²) in [5.74, 6) is 0.0460. The fraction of sp³-hybridized carbons (Fsp3) is 0.172. The van der Waals surface area contributed by atoms with Crippen LogP contribution >= 0.6 is 0 Å². The molecule has 1 amide bonds. The second-order valence-corrected chi connectivity index (χ2v) is 11.4. The van der Waals surface area contributed by atoms with Crippen molar-refractivity contribution in [3.05, 3.63) is 102 Å². The van der Waals surface area contributed by atoms with E-state index in [1.807, 2.05) is 41.1 Å². The first-order chi connectivity index (χ1) is 19.2. The highest BCUT2D eigenvalue weighted by Gasteiger charge is 2.24. The number of aromatic nitrogens is 2. The molecule has 2 heterocycles. The minimum absolute atomic E-state index is 0.0802. The van der Waals surface area contributed by atoms with Crippen LogP contribution in [0.1, 0.15) is 21.7 Å². The van der Waals surface area contributed by atoms with E-state index < -0.39 is 21.6 Å². The van der Waals surface area contributed by atoms with Crippen molar-refractivity contribution in [3.8, 4) is 17.1 Å². The highest BCUT2D eigenvalue weighted by molar-refractivity contribution is 7.90. The van der Waals surface area contributed by atoms with Gasteiger partial charge in [-0.05, 0) is 35.9 Å². The van der Waals surface area contributed by atoms with Crippen LogP contribution in [-0.4, -0.2) is 43.1 Å². The third-order valence-corrected chi connectivity index (χ3v) is 6.90. The summed E-state index contributed by atoms with van der Waals surface area (Å²) < 4.78 is 51.6. The van der Waals surface area contributed by atoms with Gasteiger partial charge in [0.25, 0.3) is 5.91 Å². The van der Waals surface area contributed by atoms with E-state index in [-0.39, 0.29) is 23.8 Å². The number of carbonyl (C=O) groups is 1. The molecule has 11 heteroatoms. The van der Waals surface area contributed by atoms with Crippen LogP contribution in [0.2, 0.25) is 0 Å². The van der Waals surface area contributed by atoms with Crippen molar-refractivity contribution < 1.29 is 26.8 Å². The summed E-state index contributed by atoms with van der Waals surface area (Å²) in [6.07, 6.45) is 4.65. The first kappa shape index (κ1) is 26.9. The second kappa shape index (κ2) is 11.2. The highest BCUT2D eigenvalue weighted by Crippen LogP contribution is 2.39. The van der Waals surface area contributed by atoms with Crippen LogP contribution in [0, 0.1) is 5.82 Å². The van der Waals surface area contributed by atoms with Crippen LogP contribution in [0.5, 0.6) is 5.75 Å². The van der Waals surface area contributed by atoms with Crippen molar-refractivity contribution in [3.63, 3.8) is 0 Å². The molecule has 40 heavy (non-hydrogen) atoms. The van der Waals surface area contributed by atoms with Crippen LogP contribution in [0.3, 0.4) is 0 Å². The van der Waals surface area contributed by atoms with E-state index in [1.165, 1.54) is 31.3 Å². The Kier molecular flexibility index (Phi) is 7.56. The molecule has 3 aromatic carbocycles. The SMILES string of the molecule is CNC(=O)c1c(-c2ccc(F)cc2)oc2cc(NCS(C)(=O)=O)c(OCc3nccn3Cc3ccccc3)cc12. The number of hydrogen-bond donors (Lipinski definition) is 2. The van der Waals surface area contributed by atoms with Gasteiger partial charge in [0.2, 0.25) is 0 Å². The molecule has 0 spiro atoms. The molecule has 0 unspecified atom stereocenters. The lowest BCUT2D eigenvalue weighted by Gasteiger charge is -2.14. The average Bonchev–Trinajstić information content (AvgIpc) is 3.54. The van der Waals surface area contributed by atoms with E-state index in [0.717, 1.165) is 11.8 Å². The molecule has 2 N–H and O–H groups in total. The van der Waals surface area contributed by atoms with E-state index in [9.17, 15) is 17.6 Å². The quantitative estimate of drug-likeness (QED) is 0.250. The lowest BCUT2D eigenvalue weighted by atomic mass is 10.0. The minimum atomic E-state index is -3.37. The van der Waals surface area contributed by atoms with Crippen molar-refractivity contribution >= 4 is 32.4 Å². The molecule has 0 aliphatic carbocycles. The monoisotopic (exact) mass is 562 g/mol. The Morgan fingerprint density at radius 2 is 1.85 bits per heavy atom. The fourth-order valence-corrected chi connectivity index (χ4v) is 4.71. The van der Waals surface area contributed by atoms with Crippen molar-refractivity contribution in [2.75, 3.05) is 24.5 Å². The average molecular weight is 563 g/mol. The predicted octanol–water partition coefficient (Wildman–Crippen LogP) is 4.84. The number of nitrogens with zero attached hydrogens (tertiary/aromatic N) is 2. The summed E-state index contributed by atoms with van der Waals surface area (Å²) in [4.78, 5) is 17.4. The van der Waals surface area contributed by atoms with Crippen LogP contribution in [0.25, 0.3) is 22.3 Å². The number of carbonyl (C=O) groups excluding carboxylic acids is 1. The lowest BCUT2D eigenvalue weighted by molar-refractivity contribution is 0.0964. The molecular weight excluding hydrogens is 535 g/mol. The standard InChI is InChI=1S/C29H27FN4O5S/c1-31-29(35)27-22-14-25(38-17-26-32-12-13-34(26)16-19-6-4-3-5-7-19)23(33-18-40(2,36)37)15-24(22)39-28(27)20-8-10-21(30)11-9-20/h3-15,33H,16-18H2,1-2H3,(H,31,35). The molecule has 0 aliphatic heterocycles. The number of amides is 1. The van der Waals surface area contributed by atoms with Crippen LogP contribution in [0.4, 0.5) is 10.1 Å². The molecule has 0 fully saturated rings. The number of rotatable bonds is 10. The summed E-state index contributed by atoms with van der Waals surface area (Å²) in [6, 6.07) is 18.7. The van der Waals surface area contributed by atoms with Crippen molar-refractivity contribution in [1.29, 1.82) is 0 Å². The van der Waals surface area contributed by atoms with Crippen LogP contribution < -0.4 is 15.4 Å². The molecule has 9 nitrogen and oxygen atoms in total. The summed E-state index contributed by atoms with van der Waals surface area (Å²) in [7, 11) is -1.87. The maximum absolute atomic E-state index is 13.6. The van der Waals surface area contributed by atoms with Gasteiger partial charge in [-0.25, -0.2) is 17.8 Å². The number of imidazole rings is 1. The third-order valence-electron chi connectivity index (χ3n) is 6.23. The number of hydrogen-bond acceptors (Lipinski definition) is 7. The van der Waals surface area contributed by atoms with Gasteiger partial charge in [0, 0.05) is 49.3 Å². The van der Waals surface area contributed by atoms with E-state index in [1.54, 1.807) is 18.3 Å². The van der Waals surface area contributed by atoms with Gasteiger partial charge in [-0.3, -0.25) is 4.79 Å². The zero-order valence-corrected chi connectivity index (χ0v) is 22.7. The fourth-order valence-electron chi connectivity index (χ4n) is 4.29. The number of anilines is 1. The minimum Gasteiger partial charge on any atom is -0.483 e. The topological polar surface area (TPSA) is 115 Å². The molecule has 0 atom stereocenters. The van der Waals surface area contributed by atoms with Crippen LogP contribution in [-0.2, 0) is 23.0 Å². The lowest BCUT2D eigenvalue weighted by Crippen LogP contribution is -2.18. The van der Waals surface area contributed by atoms with E-state index >= 15 is 0 Å². The molecule has 5 aromatic rings. The third kappa shape index (κ3) is 5.99. The Morgan fingerprint density at radius 1 is 1.10 bits per heavy atom. The van der Waals surface area contributed by atoms with Gasteiger partial charge in [-0.2, -0.15) is 0 Å². The van der Waals surface area contributed by atoms with E-state index in [2.05, 4.69) is 15.6 Å². The molecule has 0 aliphatic rings. The van der Waals surface area contributed by atoms with Gasteiger partial charge in [-0.15, -0.1) is 0 Å². The molecule has 0 saturated heterocycles. The Hall–Kier alpha value is -4.64. The first-order valence-electron chi connectivity index (χ1n) is 12.4. The maximum atomic E-state index is 13.6. The highest BCUT2D eigenvalue weighted by atomic mass is 32.2. The van der Waals surface area contributed by atoms with Gasteiger partial charge in [0.1, 0.15) is 41.2 Å². The number of furan rings is 1. The Morgan fingerprint density at radius 3 is 2.55 bits per heavy atom. The summed E-state index contributed by atoms with van der Waals surface area (Å²) in [5.41, 5.74) is 2.54.